The molecule has 5 nitrogen and oxygen atoms in total. The number of benzene rings is 2. The van der Waals surface area contributed by atoms with Crippen molar-refractivity contribution < 1.29 is 23.5 Å². The second kappa shape index (κ2) is 8.16. The number of halogens is 2. The van der Waals surface area contributed by atoms with Crippen molar-refractivity contribution in [2.24, 2.45) is 0 Å². The van der Waals surface area contributed by atoms with Crippen LogP contribution in [0.25, 0.3) is 0 Å². The Labute approximate surface area is 137 Å². The highest BCUT2D eigenvalue weighted by atomic mass is 19.1. The summed E-state index contributed by atoms with van der Waals surface area (Å²) in [6, 6.07) is 10.3. The van der Waals surface area contributed by atoms with Gasteiger partial charge in [0.1, 0.15) is 11.6 Å². The summed E-state index contributed by atoms with van der Waals surface area (Å²) in [6.07, 6.45) is -0.992. The highest BCUT2D eigenvalue weighted by Crippen LogP contribution is 2.12. The average Bonchev–Trinajstić information content (AvgIpc) is 2.58. The first kappa shape index (κ1) is 17.6. The molecule has 0 spiro atoms. The monoisotopic (exact) mass is 334 g/mol. The maximum absolute atomic E-state index is 13.0. The first-order valence-corrected chi connectivity index (χ1v) is 7.19. The molecule has 3 N–H and O–H groups in total. The zero-order valence-corrected chi connectivity index (χ0v) is 12.6. The van der Waals surface area contributed by atoms with E-state index in [0.717, 1.165) is 6.07 Å². The number of hydrogen-bond acceptors (Lipinski definition) is 3. The van der Waals surface area contributed by atoms with Crippen LogP contribution in [0.1, 0.15) is 22.0 Å². The van der Waals surface area contributed by atoms with E-state index in [9.17, 15) is 23.5 Å². The second-order valence-corrected chi connectivity index (χ2v) is 5.06. The van der Waals surface area contributed by atoms with Gasteiger partial charge in [-0.2, -0.15) is 0 Å². The first-order valence-electron chi connectivity index (χ1n) is 7.19. The summed E-state index contributed by atoms with van der Waals surface area (Å²) in [6.45, 7) is -0.397. The van der Waals surface area contributed by atoms with E-state index in [1.165, 1.54) is 42.5 Å². The number of aliphatic hydroxyl groups excluding tert-OH is 1. The lowest BCUT2D eigenvalue weighted by Crippen LogP contribution is -2.38. The Morgan fingerprint density at radius 3 is 2.38 bits per heavy atom. The van der Waals surface area contributed by atoms with Crippen LogP contribution in [0.5, 0.6) is 0 Å². The molecule has 0 aliphatic rings. The van der Waals surface area contributed by atoms with Gasteiger partial charge in [-0.1, -0.05) is 18.2 Å². The Morgan fingerprint density at radius 2 is 1.71 bits per heavy atom. The van der Waals surface area contributed by atoms with Gasteiger partial charge in [0.2, 0.25) is 5.91 Å². The van der Waals surface area contributed by atoms with Crippen molar-refractivity contribution in [3.8, 4) is 0 Å². The fourth-order valence-electron chi connectivity index (χ4n) is 1.97. The van der Waals surface area contributed by atoms with Crippen LogP contribution < -0.4 is 10.6 Å². The minimum Gasteiger partial charge on any atom is -0.387 e. The number of aliphatic hydroxyl groups is 1. The minimum absolute atomic E-state index is 0.0830. The first-order chi connectivity index (χ1) is 11.5. The third kappa shape index (κ3) is 5.13. The predicted octanol–water partition coefficient (Wildman–Crippen LogP) is 1.54. The van der Waals surface area contributed by atoms with Crippen molar-refractivity contribution in [1.82, 2.24) is 10.6 Å². The number of nitrogens with one attached hydrogen (secondary N) is 2. The Bertz CT molecular complexity index is 720. The van der Waals surface area contributed by atoms with E-state index in [2.05, 4.69) is 10.6 Å². The number of rotatable bonds is 6. The Kier molecular flexibility index (Phi) is 5.97. The molecule has 0 saturated heterocycles. The summed E-state index contributed by atoms with van der Waals surface area (Å²) in [5, 5.41) is 14.7. The van der Waals surface area contributed by atoms with Gasteiger partial charge in [-0.3, -0.25) is 9.59 Å². The van der Waals surface area contributed by atoms with E-state index in [1.807, 2.05) is 0 Å². The van der Waals surface area contributed by atoms with Gasteiger partial charge in [0.05, 0.1) is 12.6 Å². The molecular weight excluding hydrogens is 318 g/mol. The lowest BCUT2D eigenvalue weighted by atomic mass is 10.1. The van der Waals surface area contributed by atoms with Crippen LogP contribution in [0.2, 0.25) is 0 Å². The fourth-order valence-corrected chi connectivity index (χ4v) is 1.97. The molecule has 2 aromatic carbocycles. The van der Waals surface area contributed by atoms with Gasteiger partial charge in [-0.05, 0) is 35.9 Å². The highest BCUT2D eigenvalue weighted by Gasteiger charge is 2.11. The van der Waals surface area contributed by atoms with Crippen molar-refractivity contribution in [3.05, 3.63) is 71.3 Å². The maximum atomic E-state index is 13.0. The predicted molar refractivity (Wildman–Crippen MR) is 83.1 cm³/mol. The van der Waals surface area contributed by atoms with Gasteiger partial charge in [-0.15, -0.1) is 0 Å². The van der Waals surface area contributed by atoms with Crippen molar-refractivity contribution in [1.29, 1.82) is 0 Å². The van der Waals surface area contributed by atoms with Gasteiger partial charge < -0.3 is 15.7 Å². The molecule has 0 aromatic heterocycles. The van der Waals surface area contributed by atoms with E-state index in [-0.39, 0.29) is 18.7 Å². The number of carbonyl (C=O) groups is 2. The molecule has 0 aliphatic carbocycles. The Morgan fingerprint density at radius 1 is 1.00 bits per heavy atom. The number of carbonyl (C=O) groups excluding carboxylic acids is 2. The summed E-state index contributed by atoms with van der Waals surface area (Å²) >= 11 is 0. The van der Waals surface area contributed by atoms with Crippen molar-refractivity contribution in [2.75, 3.05) is 13.1 Å². The van der Waals surface area contributed by atoms with Crippen LogP contribution in [-0.2, 0) is 4.79 Å². The van der Waals surface area contributed by atoms with Gasteiger partial charge in [-0.25, -0.2) is 8.78 Å². The molecular formula is C17H16F2N2O3. The quantitative estimate of drug-likeness (QED) is 0.750. The van der Waals surface area contributed by atoms with E-state index >= 15 is 0 Å². The number of hydrogen-bond donors (Lipinski definition) is 3. The lowest BCUT2D eigenvalue weighted by Gasteiger charge is -2.12. The molecule has 1 unspecified atom stereocenters. The van der Waals surface area contributed by atoms with Crippen molar-refractivity contribution >= 4 is 11.8 Å². The van der Waals surface area contributed by atoms with Crippen LogP contribution in [0.3, 0.4) is 0 Å². The van der Waals surface area contributed by atoms with E-state index in [0.29, 0.717) is 5.56 Å². The molecule has 24 heavy (non-hydrogen) atoms. The van der Waals surface area contributed by atoms with Crippen LogP contribution >= 0.6 is 0 Å². The fraction of sp³-hybridized carbons (Fsp3) is 0.176. The summed E-state index contributed by atoms with van der Waals surface area (Å²) in [5.74, 6) is -2.06. The molecule has 0 radical (unpaired) electrons. The molecule has 2 rings (SSSR count). The van der Waals surface area contributed by atoms with Gasteiger partial charge >= 0.3 is 0 Å². The number of amides is 2. The lowest BCUT2D eigenvalue weighted by molar-refractivity contribution is -0.120. The summed E-state index contributed by atoms with van der Waals surface area (Å²) in [4.78, 5) is 23.4. The molecule has 0 aliphatic heterocycles. The minimum atomic E-state index is -0.992. The van der Waals surface area contributed by atoms with Crippen LogP contribution in [0.15, 0.2) is 48.5 Å². The standard InChI is InChI=1S/C17H16F2N2O3/c18-13-6-4-11(5-7-13)15(22)9-20-16(23)10-21-17(24)12-2-1-3-14(19)8-12/h1-8,15,22H,9-10H2,(H,20,23)(H,21,24). The van der Waals surface area contributed by atoms with Crippen LogP contribution in [-0.4, -0.2) is 30.0 Å². The zero-order chi connectivity index (χ0) is 17.5. The molecule has 0 fully saturated rings. The molecule has 2 amide bonds. The smallest absolute Gasteiger partial charge is 0.251 e. The third-order valence-corrected chi connectivity index (χ3v) is 3.24. The molecule has 0 saturated carbocycles. The second-order valence-electron chi connectivity index (χ2n) is 5.06. The topological polar surface area (TPSA) is 78.4 Å². The van der Waals surface area contributed by atoms with E-state index < -0.39 is 29.6 Å². The molecule has 1 atom stereocenters. The third-order valence-electron chi connectivity index (χ3n) is 3.24. The molecule has 0 heterocycles. The van der Waals surface area contributed by atoms with Gasteiger partial charge in [0.15, 0.2) is 0 Å². The van der Waals surface area contributed by atoms with Gasteiger partial charge in [0, 0.05) is 12.1 Å². The molecule has 0 bridgehead atoms. The molecule has 126 valence electrons. The summed E-state index contributed by atoms with van der Waals surface area (Å²) in [5.41, 5.74) is 0.564. The van der Waals surface area contributed by atoms with Crippen LogP contribution in [0, 0.1) is 11.6 Å². The Hall–Kier alpha value is -2.80. The van der Waals surface area contributed by atoms with Gasteiger partial charge in [0.25, 0.3) is 5.91 Å². The van der Waals surface area contributed by atoms with Crippen LogP contribution in [0.4, 0.5) is 8.78 Å². The maximum Gasteiger partial charge on any atom is 0.251 e. The molecule has 7 heteroatoms. The van der Waals surface area contributed by atoms with E-state index in [4.69, 9.17) is 0 Å². The Balaban J connectivity index is 1.77. The normalized spacial score (nSPS) is 11.6. The summed E-state index contributed by atoms with van der Waals surface area (Å²) in [7, 11) is 0. The average molecular weight is 334 g/mol. The largest absolute Gasteiger partial charge is 0.387 e. The highest BCUT2D eigenvalue weighted by molar-refractivity contribution is 5.96. The SMILES string of the molecule is O=C(CNC(=O)c1cccc(F)c1)NCC(O)c1ccc(F)cc1. The molecule has 2 aromatic rings. The van der Waals surface area contributed by atoms with Crippen molar-refractivity contribution in [2.45, 2.75) is 6.10 Å². The van der Waals surface area contributed by atoms with Crippen molar-refractivity contribution in [3.63, 3.8) is 0 Å². The van der Waals surface area contributed by atoms with E-state index in [1.54, 1.807) is 0 Å². The summed E-state index contributed by atoms with van der Waals surface area (Å²) < 4.78 is 25.8. The zero-order valence-electron chi connectivity index (χ0n) is 12.6.